The Morgan fingerprint density at radius 2 is 2.33 bits per heavy atom. The first-order valence-corrected chi connectivity index (χ1v) is 6.45. The third kappa shape index (κ3) is 5.63. The number of ether oxygens (including phenoxy) is 2. The van der Waals surface area contributed by atoms with Crippen LogP contribution in [0.4, 0.5) is 0 Å². The number of nitrogens with two attached hydrogens (primary N) is 1. The van der Waals surface area contributed by atoms with E-state index in [1.807, 2.05) is 0 Å². The van der Waals surface area contributed by atoms with Gasteiger partial charge in [-0.2, -0.15) is 0 Å². The van der Waals surface area contributed by atoms with Crippen LogP contribution in [0.2, 0.25) is 0 Å². The highest BCUT2D eigenvalue weighted by molar-refractivity contribution is 9.10. The lowest BCUT2D eigenvalue weighted by atomic mass is 10.2. The zero-order chi connectivity index (χ0) is 11.1. The van der Waals surface area contributed by atoms with Crippen LogP contribution >= 0.6 is 27.3 Å². The summed E-state index contributed by atoms with van der Waals surface area (Å²) in [6.45, 7) is 1.81. The van der Waals surface area contributed by atoms with Gasteiger partial charge in [0.05, 0.1) is 19.8 Å². The third-order valence-corrected chi connectivity index (χ3v) is 3.57. The predicted octanol–water partition coefficient (Wildman–Crippen LogP) is 2.04. The molecule has 0 aliphatic carbocycles. The van der Waals surface area contributed by atoms with E-state index in [2.05, 4.69) is 27.4 Å². The van der Waals surface area contributed by atoms with Gasteiger partial charge in [0.15, 0.2) is 0 Å². The summed E-state index contributed by atoms with van der Waals surface area (Å²) in [4.78, 5) is 1.28. The van der Waals surface area contributed by atoms with E-state index in [-0.39, 0.29) is 6.04 Å². The van der Waals surface area contributed by atoms with Crippen molar-refractivity contribution in [1.82, 2.24) is 0 Å². The lowest BCUT2D eigenvalue weighted by Gasteiger charge is -2.10. The van der Waals surface area contributed by atoms with Gasteiger partial charge in [0, 0.05) is 27.9 Å². The molecule has 86 valence electrons. The van der Waals surface area contributed by atoms with Crippen molar-refractivity contribution < 1.29 is 9.47 Å². The Hall–Kier alpha value is 0.0600. The van der Waals surface area contributed by atoms with Crippen LogP contribution in [0.3, 0.4) is 0 Å². The summed E-state index contributed by atoms with van der Waals surface area (Å²) in [5, 5.41) is 2.06. The van der Waals surface area contributed by atoms with Gasteiger partial charge in [-0.1, -0.05) is 0 Å². The van der Waals surface area contributed by atoms with Crippen LogP contribution in [0.15, 0.2) is 15.9 Å². The molecule has 0 radical (unpaired) electrons. The second-order valence-electron chi connectivity index (χ2n) is 3.26. The van der Waals surface area contributed by atoms with Crippen molar-refractivity contribution in [3.8, 4) is 0 Å². The van der Waals surface area contributed by atoms with Gasteiger partial charge in [-0.25, -0.2) is 0 Å². The predicted molar refractivity (Wildman–Crippen MR) is 66.4 cm³/mol. The fourth-order valence-electron chi connectivity index (χ4n) is 1.16. The molecule has 0 spiro atoms. The molecule has 2 N–H and O–H groups in total. The van der Waals surface area contributed by atoms with Crippen LogP contribution in [0.1, 0.15) is 4.88 Å². The third-order valence-electron chi connectivity index (χ3n) is 1.85. The largest absolute Gasteiger partial charge is 0.382 e. The summed E-state index contributed by atoms with van der Waals surface area (Å²) in [5.74, 6) is 0. The minimum atomic E-state index is 0.0624. The van der Waals surface area contributed by atoms with E-state index in [9.17, 15) is 0 Å². The number of hydrogen-bond donors (Lipinski definition) is 1. The van der Waals surface area contributed by atoms with Gasteiger partial charge in [-0.05, 0) is 28.4 Å². The van der Waals surface area contributed by atoms with Crippen molar-refractivity contribution in [2.75, 3.05) is 26.9 Å². The minimum absolute atomic E-state index is 0.0624. The molecule has 1 heterocycles. The van der Waals surface area contributed by atoms with Crippen molar-refractivity contribution in [2.24, 2.45) is 5.73 Å². The molecule has 5 heteroatoms. The molecule has 0 aliphatic heterocycles. The first-order chi connectivity index (χ1) is 7.22. The Kier molecular flexibility index (Phi) is 6.43. The number of thiophene rings is 1. The van der Waals surface area contributed by atoms with E-state index in [4.69, 9.17) is 15.2 Å². The van der Waals surface area contributed by atoms with Gasteiger partial charge in [0.25, 0.3) is 0 Å². The molecule has 0 amide bonds. The summed E-state index contributed by atoms with van der Waals surface area (Å²) in [5.41, 5.74) is 5.92. The summed E-state index contributed by atoms with van der Waals surface area (Å²) >= 11 is 5.13. The molecule has 0 saturated heterocycles. The topological polar surface area (TPSA) is 44.5 Å². The second-order valence-corrected chi connectivity index (χ2v) is 5.17. The lowest BCUT2D eigenvalue weighted by Crippen LogP contribution is -2.28. The van der Waals surface area contributed by atoms with Gasteiger partial charge >= 0.3 is 0 Å². The van der Waals surface area contributed by atoms with E-state index in [1.54, 1.807) is 18.4 Å². The Morgan fingerprint density at radius 1 is 1.53 bits per heavy atom. The van der Waals surface area contributed by atoms with E-state index in [0.717, 1.165) is 10.9 Å². The van der Waals surface area contributed by atoms with E-state index in [0.29, 0.717) is 19.8 Å². The normalized spacial score (nSPS) is 13.0. The average molecular weight is 294 g/mol. The zero-order valence-electron chi connectivity index (χ0n) is 8.74. The zero-order valence-corrected chi connectivity index (χ0v) is 11.1. The van der Waals surface area contributed by atoms with Crippen molar-refractivity contribution in [3.63, 3.8) is 0 Å². The highest BCUT2D eigenvalue weighted by Crippen LogP contribution is 2.20. The summed E-state index contributed by atoms with van der Waals surface area (Å²) < 4.78 is 11.4. The standard InChI is InChI=1S/C10H16BrNO2S/c1-13-2-3-14-6-9(12)5-10-4-8(11)7-15-10/h4,7,9H,2-3,5-6,12H2,1H3. The van der Waals surface area contributed by atoms with Crippen molar-refractivity contribution in [3.05, 3.63) is 20.8 Å². The van der Waals surface area contributed by atoms with Gasteiger partial charge in [-0.15, -0.1) is 11.3 Å². The van der Waals surface area contributed by atoms with Gasteiger partial charge in [0.2, 0.25) is 0 Å². The smallest absolute Gasteiger partial charge is 0.0701 e. The molecule has 1 unspecified atom stereocenters. The van der Waals surface area contributed by atoms with Crippen molar-refractivity contribution in [2.45, 2.75) is 12.5 Å². The molecular formula is C10H16BrNO2S. The van der Waals surface area contributed by atoms with Gasteiger partial charge < -0.3 is 15.2 Å². The van der Waals surface area contributed by atoms with Crippen LogP contribution in [-0.2, 0) is 15.9 Å². The van der Waals surface area contributed by atoms with Crippen molar-refractivity contribution >= 4 is 27.3 Å². The molecule has 15 heavy (non-hydrogen) atoms. The molecule has 3 nitrogen and oxygen atoms in total. The monoisotopic (exact) mass is 293 g/mol. The Labute approximate surface area is 103 Å². The number of rotatable bonds is 7. The Morgan fingerprint density at radius 3 is 2.93 bits per heavy atom. The van der Waals surface area contributed by atoms with Crippen LogP contribution < -0.4 is 5.73 Å². The summed E-state index contributed by atoms with van der Waals surface area (Å²) in [7, 11) is 1.66. The van der Waals surface area contributed by atoms with Crippen LogP contribution in [0.25, 0.3) is 0 Å². The highest BCUT2D eigenvalue weighted by Gasteiger charge is 2.06. The maximum Gasteiger partial charge on any atom is 0.0701 e. The maximum atomic E-state index is 5.92. The number of methoxy groups -OCH3 is 1. The number of halogens is 1. The molecule has 1 aromatic heterocycles. The molecule has 0 fully saturated rings. The van der Waals surface area contributed by atoms with E-state index >= 15 is 0 Å². The van der Waals surface area contributed by atoms with Gasteiger partial charge in [0.1, 0.15) is 0 Å². The molecular weight excluding hydrogens is 278 g/mol. The van der Waals surface area contributed by atoms with Crippen LogP contribution in [0.5, 0.6) is 0 Å². The highest BCUT2D eigenvalue weighted by atomic mass is 79.9. The van der Waals surface area contributed by atoms with Crippen molar-refractivity contribution in [1.29, 1.82) is 0 Å². The maximum absolute atomic E-state index is 5.92. The average Bonchev–Trinajstić information content (AvgIpc) is 2.59. The lowest BCUT2D eigenvalue weighted by molar-refractivity contribution is 0.0638. The molecule has 0 aliphatic rings. The first kappa shape index (κ1) is 13.1. The molecule has 0 saturated carbocycles. The fourth-order valence-corrected chi connectivity index (χ4v) is 2.70. The number of hydrogen-bond acceptors (Lipinski definition) is 4. The van der Waals surface area contributed by atoms with E-state index in [1.165, 1.54) is 4.88 Å². The fraction of sp³-hybridized carbons (Fsp3) is 0.600. The molecule has 0 aromatic carbocycles. The SMILES string of the molecule is COCCOCC(N)Cc1cc(Br)cs1. The van der Waals surface area contributed by atoms with E-state index < -0.39 is 0 Å². The molecule has 1 aromatic rings. The first-order valence-electron chi connectivity index (χ1n) is 4.77. The Bertz CT molecular complexity index is 280. The van der Waals surface area contributed by atoms with Crippen LogP contribution in [0, 0.1) is 0 Å². The summed E-state index contributed by atoms with van der Waals surface area (Å²) in [6.07, 6.45) is 0.864. The van der Waals surface area contributed by atoms with Crippen LogP contribution in [-0.4, -0.2) is 33.0 Å². The molecule has 1 atom stereocenters. The molecule has 0 bridgehead atoms. The van der Waals surface area contributed by atoms with Gasteiger partial charge in [-0.3, -0.25) is 0 Å². The minimum Gasteiger partial charge on any atom is -0.382 e. The second kappa shape index (κ2) is 7.35. The Balaban J connectivity index is 2.15. The molecule has 1 rings (SSSR count). The summed E-state index contributed by atoms with van der Waals surface area (Å²) in [6, 6.07) is 2.16. The quantitative estimate of drug-likeness (QED) is 0.783.